The molecular formula is C12H20N2O. The Balaban J connectivity index is 2.15. The summed E-state index contributed by atoms with van der Waals surface area (Å²) >= 11 is 0. The van der Waals surface area contributed by atoms with E-state index in [4.69, 9.17) is 6.42 Å². The number of hydrogen-bond acceptors (Lipinski definition) is 3. The van der Waals surface area contributed by atoms with Gasteiger partial charge < -0.3 is 5.32 Å². The fourth-order valence-corrected chi connectivity index (χ4v) is 1.78. The van der Waals surface area contributed by atoms with E-state index in [9.17, 15) is 4.79 Å². The molecule has 1 aliphatic rings. The molecule has 1 rings (SSSR count). The van der Waals surface area contributed by atoms with Crippen LogP contribution in [0.1, 0.15) is 25.7 Å². The Labute approximate surface area is 92.2 Å². The molecule has 1 fully saturated rings. The van der Waals surface area contributed by atoms with E-state index in [1.54, 1.807) is 0 Å². The van der Waals surface area contributed by atoms with E-state index in [0.717, 1.165) is 39.0 Å². The lowest BCUT2D eigenvalue weighted by molar-refractivity contribution is -0.120. The number of nitrogens with one attached hydrogen (secondary N) is 1. The summed E-state index contributed by atoms with van der Waals surface area (Å²) in [5, 5.41) is 3.32. The van der Waals surface area contributed by atoms with E-state index in [-0.39, 0.29) is 0 Å². The molecule has 1 heterocycles. The minimum atomic E-state index is 0.326. The van der Waals surface area contributed by atoms with E-state index in [2.05, 4.69) is 16.1 Å². The number of carbonyl (C=O) groups is 1. The van der Waals surface area contributed by atoms with Gasteiger partial charge in [0, 0.05) is 25.9 Å². The topological polar surface area (TPSA) is 32.3 Å². The lowest BCUT2D eigenvalue weighted by Crippen LogP contribution is -2.33. The summed E-state index contributed by atoms with van der Waals surface area (Å²) in [6, 6.07) is 0. The second kappa shape index (κ2) is 7.44. The van der Waals surface area contributed by atoms with Crippen molar-refractivity contribution >= 4 is 5.78 Å². The molecule has 3 nitrogen and oxygen atoms in total. The summed E-state index contributed by atoms with van der Waals surface area (Å²) in [7, 11) is 0. The maximum absolute atomic E-state index is 11.6. The van der Waals surface area contributed by atoms with Crippen LogP contribution in [0.25, 0.3) is 0 Å². The number of ketones is 1. The highest BCUT2D eigenvalue weighted by molar-refractivity contribution is 5.80. The number of carbonyl (C=O) groups excluding carboxylic acids is 1. The fourth-order valence-electron chi connectivity index (χ4n) is 1.78. The summed E-state index contributed by atoms with van der Waals surface area (Å²) < 4.78 is 0. The van der Waals surface area contributed by atoms with Gasteiger partial charge in [0.15, 0.2) is 0 Å². The molecule has 0 radical (unpaired) electrons. The van der Waals surface area contributed by atoms with Crippen molar-refractivity contribution in [3.05, 3.63) is 0 Å². The SMILES string of the molecule is C#CCCCC(=O)CN1CCCNCC1. The summed E-state index contributed by atoms with van der Waals surface area (Å²) in [6.07, 6.45) is 8.46. The normalized spacial score (nSPS) is 18.1. The Morgan fingerprint density at radius 3 is 3.07 bits per heavy atom. The molecule has 0 unspecified atom stereocenters. The average Bonchev–Trinajstić information content (AvgIpc) is 2.47. The average molecular weight is 208 g/mol. The van der Waals surface area contributed by atoms with E-state index < -0.39 is 0 Å². The minimum absolute atomic E-state index is 0.326. The van der Waals surface area contributed by atoms with E-state index >= 15 is 0 Å². The fraction of sp³-hybridized carbons (Fsp3) is 0.750. The van der Waals surface area contributed by atoms with Crippen molar-refractivity contribution in [2.45, 2.75) is 25.7 Å². The standard InChI is InChI=1S/C12H20N2O/c1-2-3-4-6-12(15)11-14-9-5-7-13-8-10-14/h1,13H,3-11H2. The van der Waals surface area contributed by atoms with E-state index in [0.29, 0.717) is 25.2 Å². The molecule has 0 aromatic heterocycles. The highest BCUT2D eigenvalue weighted by Crippen LogP contribution is 2.00. The first kappa shape index (κ1) is 12.2. The molecule has 1 saturated heterocycles. The van der Waals surface area contributed by atoms with Crippen LogP contribution in [0.5, 0.6) is 0 Å². The van der Waals surface area contributed by atoms with Crippen molar-refractivity contribution in [2.24, 2.45) is 0 Å². The van der Waals surface area contributed by atoms with Gasteiger partial charge in [-0.2, -0.15) is 0 Å². The Kier molecular flexibility index (Phi) is 6.06. The zero-order valence-electron chi connectivity index (χ0n) is 9.30. The monoisotopic (exact) mass is 208 g/mol. The van der Waals surface area contributed by atoms with Gasteiger partial charge in [0.2, 0.25) is 0 Å². The molecule has 1 N–H and O–H groups in total. The molecule has 0 bridgehead atoms. The molecule has 0 amide bonds. The van der Waals surface area contributed by atoms with Gasteiger partial charge in [-0.15, -0.1) is 12.3 Å². The van der Waals surface area contributed by atoms with Crippen molar-refractivity contribution < 1.29 is 4.79 Å². The van der Waals surface area contributed by atoms with Crippen molar-refractivity contribution in [3.8, 4) is 12.3 Å². The van der Waals surface area contributed by atoms with Crippen molar-refractivity contribution in [1.82, 2.24) is 10.2 Å². The van der Waals surface area contributed by atoms with Gasteiger partial charge in [-0.3, -0.25) is 9.69 Å². The van der Waals surface area contributed by atoms with Gasteiger partial charge >= 0.3 is 0 Å². The summed E-state index contributed by atoms with van der Waals surface area (Å²) in [5.41, 5.74) is 0. The zero-order chi connectivity index (χ0) is 10.9. The van der Waals surface area contributed by atoms with Gasteiger partial charge in [0.25, 0.3) is 0 Å². The molecule has 3 heteroatoms. The summed E-state index contributed by atoms with van der Waals surface area (Å²) in [4.78, 5) is 13.8. The molecule has 0 spiro atoms. The number of terminal acetylenes is 1. The number of nitrogens with zero attached hydrogens (tertiary/aromatic N) is 1. The van der Waals surface area contributed by atoms with Gasteiger partial charge in [0.05, 0.1) is 6.54 Å². The number of hydrogen-bond donors (Lipinski definition) is 1. The second-order valence-electron chi connectivity index (χ2n) is 3.98. The predicted octanol–water partition coefficient (Wildman–Crippen LogP) is 0.654. The molecule has 0 saturated carbocycles. The maximum atomic E-state index is 11.6. The largest absolute Gasteiger partial charge is 0.315 e. The molecule has 0 atom stereocenters. The third kappa shape index (κ3) is 5.56. The van der Waals surface area contributed by atoms with Gasteiger partial charge in [-0.1, -0.05) is 0 Å². The molecule has 84 valence electrons. The quantitative estimate of drug-likeness (QED) is 0.532. The van der Waals surface area contributed by atoms with Crippen LogP contribution in [0.4, 0.5) is 0 Å². The van der Waals surface area contributed by atoms with Gasteiger partial charge in [0.1, 0.15) is 5.78 Å². The highest BCUT2D eigenvalue weighted by atomic mass is 16.1. The lowest BCUT2D eigenvalue weighted by atomic mass is 10.1. The van der Waals surface area contributed by atoms with Crippen LogP contribution in [0.2, 0.25) is 0 Å². The lowest BCUT2D eigenvalue weighted by Gasteiger charge is -2.17. The number of unbranched alkanes of at least 4 members (excludes halogenated alkanes) is 1. The van der Waals surface area contributed by atoms with Crippen molar-refractivity contribution in [3.63, 3.8) is 0 Å². The van der Waals surface area contributed by atoms with Crippen LogP contribution in [0.15, 0.2) is 0 Å². The van der Waals surface area contributed by atoms with Crippen LogP contribution in [-0.4, -0.2) is 43.4 Å². The third-order valence-corrected chi connectivity index (χ3v) is 2.61. The number of rotatable bonds is 5. The molecule has 1 aliphatic heterocycles. The van der Waals surface area contributed by atoms with Gasteiger partial charge in [-0.05, 0) is 25.9 Å². The van der Waals surface area contributed by atoms with E-state index in [1.807, 2.05) is 0 Å². The minimum Gasteiger partial charge on any atom is -0.315 e. The Morgan fingerprint density at radius 2 is 2.27 bits per heavy atom. The van der Waals surface area contributed by atoms with Crippen LogP contribution in [-0.2, 0) is 4.79 Å². The molecule has 0 aromatic rings. The second-order valence-corrected chi connectivity index (χ2v) is 3.98. The summed E-state index contributed by atoms with van der Waals surface area (Å²) in [5.74, 6) is 2.89. The predicted molar refractivity (Wildman–Crippen MR) is 61.6 cm³/mol. The molecule has 0 aliphatic carbocycles. The summed E-state index contributed by atoms with van der Waals surface area (Å²) in [6.45, 7) is 4.69. The first-order valence-electron chi connectivity index (χ1n) is 5.71. The Hall–Kier alpha value is -0.850. The van der Waals surface area contributed by atoms with Crippen LogP contribution in [0.3, 0.4) is 0 Å². The number of Topliss-reactive ketones (excluding diaryl/α,β-unsaturated/α-hetero) is 1. The Morgan fingerprint density at radius 1 is 1.40 bits per heavy atom. The van der Waals surface area contributed by atoms with E-state index in [1.165, 1.54) is 0 Å². The van der Waals surface area contributed by atoms with Crippen LogP contribution in [0, 0.1) is 12.3 Å². The smallest absolute Gasteiger partial charge is 0.146 e. The Bertz CT molecular complexity index is 224. The first-order valence-corrected chi connectivity index (χ1v) is 5.71. The third-order valence-electron chi connectivity index (χ3n) is 2.61. The maximum Gasteiger partial charge on any atom is 0.146 e. The van der Waals surface area contributed by atoms with Gasteiger partial charge in [-0.25, -0.2) is 0 Å². The van der Waals surface area contributed by atoms with Crippen LogP contribution < -0.4 is 5.32 Å². The van der Waals surface area contributed by atoms with Crippen molar-refractivity contribution in [1.29, 1.82) is 0 Å². The van der Waals surface area contributed by atoms with Crippen LogP contribution >= 0.6 is 0 Å². The molecule has 0 aromatic carbocycles. The van der Waals surface area contributed by atoms with Crippen molar-refractivity contribution in [2.75, 3.05) is 32.7 Å². The zero-order valence-corrected chi connectivity index (χ0v) is 9.30. The molecular weight excluding hydrogens is 188 g/mol. The first-order chi connectivity index (χ1) is 7.33. The molecule has 15 heavy (non-hydrogen) atoms. The highest BCUT2D eigenvalue weighted by Gasteiger charge is 2.11.